The van der Waals surface area contributed by atoms with E-state index in [-0.39, 0.29) is 5.91 Å². The van der Waals surface area contributed by atoms with Gasteiger partial charge in [0.25, 0.3) is 5.91 Å². The Balaban J connectivity index is 1.63. The number of aromatic nitrogens is 2. The zero-order chi connectivity index (χ0) is 14.8. The predicted molar refractivity (Wildman–Crippen MR) is 86.9 cm³/mol. The van der Waals surface area contributed by atoms with E-state index in [0.29, 0.717) is 13.1 Å². The number of rotatable bonds is 2. The summed E-state index contributed by atoms with van der Waals surface area (Å²) in [5.41, 5.74) is 0.735. The fourth-order valence-corrected chi connectivity index (χ4v) is 3.28. The molecule has 1 aromatic heterocycles. The molecule has 0 bridgehead atoms. The molecule has 0 unspecified atom stereocenters. The van der Waals surface area contributed by atoms with Crippen molar-refractivity contribution in [1.29, 1.82) is 0 Å². The van der Waals surface area contributed by atoms with Gasteiger partial charge in [0.2, 0.25) is 5.13 Å². The van der Waals surface area contributed by atoms with E-state index < -0.39 is 0 Å². The largest absolute Gasteiger partial charge is 0.343 e. The van der Waals surface area contributed by atoms with Crippen molar-refractivity contribution in [2.24, 2.45) is 0 Å². The van der Waals surface area contributed by atoms with E-state index in [4.69, 9.17) is 0 Å². The van der Waals surface area contributed by atoms with Crippen LogP contribution in [0.2, 0.25) is 0 Å². The minimum absolute atomic E-state index is 0.0931. The van der Waals surface area contributed by atoms with Crippen LogP contribution < -0.4 is 4.90 Å². The van der Waals surface area contributed by atoms with Gasteiger partial charge in [0.05, 0.1) is 0 Å². The van der Waals surface area contributed by atoms with Gasteiger partial charge >= 0.3 is 0 Å². The number of hydrogen-bond acceptors (Lipinski definition) is 5. The maximum absolute atomic E-state index is 12.4. The number of benzene rings is 1. The normalized spacial score (nSPS) is 15.3. The second-order valence-electron chi connectivity index (χ2n) is 4.91. The lowest BCUT2D eigenvalue weighted by Gasteiger charge is -2.34. The first-order valence-electron chi connectivity index (χ1n) is 6.73. The number of carbonyl (C=O) groups excluding carboxylic acids is 1. The molecule has 5 nitrogen and oxygen atoms in total. The Bertz CT molecular complexity index is 635. The lowest BCUT2D eigenvalue weighted by Crippen LogP contribution is -2.48. The molecule has 7 heteroatoms. The van der Waals surface area contributed by atoms with Crippen LogP contribution in [0, 0.1) is 6.92 Å². The van der Waals surface area contributed by atoms with Crippen LogP contribution in [0.4, 0.5) is 5.13 Å². The number of amides is 1. The average Bonchev–Trinajstić information content (AvgIpc) is 2.94. The van der Waals surface area contributed by atoms with Crippen molar-refractivity contribution in [3.05, 3.63) is 40.1 Å². The molecule has 1 amide bonds. The zero-order valence-corrected chi connectivity index (χ0v) is 14.0. The Morgan fingerprint density at radius 1 is 1.19 bits per heavy atom. The summed E-state index contributed by atoms with van der Waals surface area (Å²) in [6, 6.07) is 7.50. The minimum Gasteiger partial charge on any atom is -0.343 e. The maximum atomic E-state index is 12.4. The fraction of sp³-hybridized carbons (Fsp3) is 0.357. The zero-order valence-electron chi connectivity index (χ0n) is 11.6. The Hall–Kier alpha value is -1.47. The SMILES string of the molecule is Cc1nsc(N2CCN(C(=O)c3ccc(Br)cc3)CC2)n1. The average molecular weight is 367 g/mol. The molecule has 0 aliphatic carbocycles. The highest BCUT2D eigenvalue weighted by Gasteiger charge is 2.23. The van der Waals surface area contributed by atoms with E-state index in [9.17, 15) is 4.79 Å². The standard InChI is InChI=1S/C14H15BrN4OS/c1-10-16-14(21-17-10)19-8-6-18(7-9-19)13(20)11-2-4-12(15)5-3-11/h2-5H,6-9H2,1H3. The summed E-state index contributed by atoms with van der Waals surface area (Å²) in [5.74, 6) is 0.902. The van der Waals surface area contributed by atoms with Crippen molar-refractivity contribution in [3.63, 3.8) is 0 Å². The fourth-order valence-electron chi connectivity index (χ4n) is 2.29. The molecule has 2 heterocycles. The van der Waals surface area contributed by atoms with Crippen LogP contribution in [-0.4, -0.2) is 46.3 Å². The van der Waals surface area contributed by atoms with Crippen molar-refractivity contribution in [2.75, 3.05) is 31.1 Å². The van der Waals surface area contributed by atoms with Crippen LogP contribution >= 0.6 is 27.5 Å². The topological polar surface area (TPSA) is 49.3 Å². The number of hydrogen-bond donors (Lipinski definition) is 0. The van der Waals surface area contributed by atoms with Gasteiger partial charge in [0.1, 0.15) is 5.82 Å². The van der Waals surface area contributed by atoms with Crippen LogP contribution in [0.5, 0.6) is 0 Å². The quantitative estimate of drug-likeness (QED) is 0.819. The van der Waals surface area contributed by atoms with Gasteiger partial charge in [-0.05, 0) is 31.2 Å². The van der Waals surface area contributed by atoms with Crippen molar-refractivity contribution < 1.29 is 4.79 Å². The molecule has 1 aliphatic rings. The highest BCUT2D eigenvalue weighted by molar-refractivity contribution is 9.10. The Kier molecular flexibility index (Phi) is 4.21. The summed E-state index contributed by atoms with van der Waals surface area (Å²) in [6.07, 6.45) is 0. The van der Waals surface area contributed by atoms with Gasteiger partial charge in [-0.1, -0.05) is 15.9 Å². The summed E-state index contributed by atoms with van der Waals surface area (Å²) >= 11 is 4.80. The van der Waals surface area contributed by atoms with Crippen LogP contribution in [0.25, 0.3) is 0 Å². The molecule has 0 N–H and O–H groups in total. The van der Waals surface area contributed by atoms with E-state index in [0.717, 1.165) is 34.1 Å². The molecule has 2 aromatic rings. The van der Waals surface area contributed by atoms with E-state index in [1.54, 1.807) is 0 Å². The second kappa shape index (κ2) is 6.11. The number of halogens is 1. The molecule has 110 valence electrons. The van der Waals surface area contributed by atoms with Crippen molar-refractivity contribution in [1.82, 2.24) is 14.3 Å². The predicted octanol–water partition coefficient (Wildman–Crippen LogP) is 2.57. The molecule has 1 aliphatic heterocycles. The molecular weight excluding hydrogens is 352 g/mol. The Morgan fingerprint density at radius 2 is 1.86 bits per heavy atom. The molecule has 0 spiro atoms. The third-order valence-corrected chi connectivity index (χ3v) is 4.84. The molecule has 0 radical (unpaired) electrons. The van der Waals surface area contributed by atoms with Crippen LogP contribution in [0.15, 0.2) is 28.7 Å². The first-order chi connectivity index (χ1) is 10.1. The van der Waals surface area contributed by atoms with Crippen molar-refractivity contribution >= 4 is 38.5 Å². The van der Waals surface area contributed by atoms with E-state index >= 15 is 0 Å². The number of anilines is 1. The molecule has 0 atom stereocenters. The number of carbonyl (C=O) groups is 1. The lowest BCUT2D eigenvalue weighted by atomic mass is 10.2. The molecule has 21 heavy (non-hydrogen) atoms. The van der Waals surface area contributed by atoms with Gasteiger partial charge in [-0.2, -0.15) is 4.37 Å². The Labute approximate surface area is 135 Å². The summed E-state index contributed by atoms with van der Waals surface area (Å²) < 4.78 is 5.19. The number of nitrogens with zero attached hydrogens (tertiary/aromatic N) is 4. The van der Waals surface area contributed by atoms with E-state index in [1.807, 2.05) is 36.1 Å². The number of aryl methyl sites for hydroxylation is 1. The molecule has 1 saturated heterocycles. The first-order valence-corrected chi connectivity index (χ1v) is 8.30. The maximum Gasteiger partial charge on any atom is 0.253 e. The molecule has 0 saturated carbocycles. The van der Waals surface area contributed by atoms with E-state index in [2.05, 4.69) is 30.2 Å². The van der Waals surface area contributed by atoms with E-state index in [1.165, 1.54) is 11.5 Å². The van der Waals surface area contributed by atoms with Gasteiger partial charge < -0.3 is 9.80 Å². The summed E-state index contributed by atoms with van der Waals surface area (Å²) in [5, 5.41) is 0.947. The lowest BCUT2D eigenvalue weighted by molar-refractivity contribution is 0.0747. The monoisotopic (exact) mass is 366 g/mol. The second-order valence-corrected chi connectivity index (χ2v) is 6.56. The van der Waals surface area contributed by atoms with Gasteiger partial charge in [-0.15, -0.1) is 0 Å². The number of piperazine rings is 1. The summed E-state index contributed by atoms with van der Waals surface area (Å²) in [6.45, 7) is 4.93. The summed E-state index contributed by atoms with van der Waals surface area (Å²) in [7, 11) is 0. The molecular formula is C14H15BrN4OS. The van der Waals surface area contributed by atoms with Gasteiger partial charge in [-0.25, -0.2) is 4.98 Å². The van der Waals surface area contributed by atoms with Crippen molar-refractivity contribution in [2.45, 2.75) is 6.92 Å². The smallest absolute Gasteiger partial charge is 0.253 e. The first kappa shape index (κ1) is 14.5. The molecule has 1 aromatic carbocycles. The van der Waals surface area contributed by atoms with Crippen LogP contribution in [0.3, 0.4) is 0 Å². The van der Waals surface area contributed by atoms with Gasteiger partial charge in [-0.3, -0.25) is 4.79 Å². The van der Waals surface area contributed by atoms with Crippen LogP contribution in [0.1, 0.15) is 16.2 Å². The Morgan fingerprint density at radius 3 is 2.43 bits per heavy atom. The molecule has 1 fully saturated rings. The highest BCUT2D eigenvalue weighted by atomic mass is 79.9. The van der Waals surface area contributed by atoms with Gasteiger partial charge in [0.15, 0.2) is 0 Å². The summed E-state index contributed by atoms with van der Waals surface area (Å²) in [4.78, 5) is 20.9. The molecule has 3 rings (SSSR count). The van der Waals surface area contributed by atoms with Crippen molar-refractivity contribution in [3.8, 4) is 0 Å². The van der Waals surface area contributed by atoms with Gasteiger partial charge in [0, 0.05) is 47.7 Å². The highest BCUT2D eigenvalue weighted by Crippen LogP contribution is 2.19. The van der Waals surface area contributed by atoms with Crippen LogP contribution in [-0.2, 0) is 0 Å². The third-order valence-electron chi connectivity index (χ3n) is 3.45. The third kappa shape index (κ3) is 3.24. The minimum atomic E-state index is 0.0931.